The van der Waals surface area contributed by atoms with Crippen molar-refractivity contribution in [3.05, 3.63) is 0 Å². The first kappa shape index (κ1) is 17.7. The third-order valence-corrected chi connectivity index (χ3v) is 5.71. The van der Waals surface area contributed by atoms with Gasteiger partial charge in [0, 0.05) is 12.1 Å². The molecule has 2 aliphatic heterocycles. The zero-order chi connectivity index (χ0) is 17.5. The van der Waals surface area contributed by atoms with Crippen LogP contribution in [0.1, 0.15) is 53.4 Å². The quantitative estimate of drug-likeness (QED) is 0.779. The van der Waals surface area contributed by atoms with Gasteiger partial charge in [-0.25, -0.2) is 4.79 Å². The van der Waals surface area contributed by atoms with Crippen molar-refractivity contribution in [2.75, 3.05) is 19.7 Å². The number of fused-ring (bicyclic) bond motifs is 1. The van der Waals surface area contributed by atoms with Crippen LogP contribution in [-0.4, -0.2) is 65.2 Å². The molecule has 1 saturated carbocycles. The topological polar surface area (TPSA) is 61.9 Å². The number of nitrogens with zero attached hydrogens (tertiary/aromatic N) is 2. The summed E-state index contributed by atoms with van der Waals surface area (Å²) in [4.78, 5) is 29.5. The van der Waals surface area contributed by atoms with Crippen LogP contribution >= 0.6 is 0 Å². The molecule has 3 fully saturated rings. The molecule has 0 aromatic heterocycles. The number of rotatable bonds is 5. The summed E-state index contributed by atoms with van der Waals surface area (Å²) < 4.78 is 5.56. The fourth-order valence-electron chi connectivity index (χ4n) is 4.80. The second kappa shape index (κ2) is 6.64. The lowest BCUT2D eigenvalue weighted by Crippen LogP contribution is -2.51. The Hall–Kier alpha value is -1.14. The van der Waals surface area contributed by atoms with E-state index in [1.807, 2.05) is 32.6 Å². The Morgan fingerprint density at radius 3 is 2.62 bits per heavy atom. The lowest BCUT2D eigenvalue weighted by molar-refractivity contribution is -0.134. The maximum absolute atomic E-state index is 13.3. The Morgan fingerprint density at radius 1 is 1.25 bits per heavy atom. The lowest BCUT2D eigenvalue weighted by atomic mass is 9.91. The summed E-state index contributed by atoms with van der Waals surface area (Å²) in [6, 6.07) is 0.252. The standard InChI is InChI=1S/C18H31N3O3/c1-12(2)21-17(23)20(8-9-24-13(3)4)16(22)18(21)10-14-6-5-7-19-15(14)11-18/h12-15,19H,5-11H2,1-4H3. The lowest BCUT2D eigenvalue weighted by Gasteiger charge is -2.34. The molecule has 136 valence electrons. The normalized spacial score (nSPS) is 33.4. The van der Waals surface area contributed by atoms with Gasteiger partial charge in [0.2, 0.25) is 0 Å². The number of nitrogens with one attached hydrogen (secondary N) is 1. The Morgan fingerprint density at radius 2 is 2.00 bits per heavy atom. The minimum Gasteiger partial charge on any atom is -0.377 e. The third kappa shape index (κ3) is 2.84. The first-order valence-corrected chi connectivity index (χ1v) is 9.37. The van der Waals surface area contributed by atoms with Gasteiger partial charge in [-0.05, 0) is 65.8 Å². The minimum absolute atomic E-state index is 0.00949. The van der Waals surface area contributed by atoms with Crippen LogP contribution in [0.4, 0.5) is 4.79 Å². The highest BCUT2D eigenvalue weighted by Gasteiger charge is 2.63. The molecule has 1 aliphatic carbocycles. The number of urea groups is 1. The van der Waals surface area contributed by atoms with Gasteiger partial charge >= 0.3 is 6.03 Å². The van der Waals surface area contributed by atoms with Crippen molar-refractivity contribution >= 4 is 11.9 Å². The molecular formula is C18H31N3O3. The van der Waals surface area contributed by atoms with E-state index in [9.17, 15) is 9.59 Å². The van der Waals surface area contributed by atoms with Crippen molar-refractivity contribution < 1.29 is 14.3 Å². The molecule has 1 spiro atoms. The Labute approximate surface area is 144 Å². The summed E-state index contributed by atoms with van der Waals surface area (Å²) in [5, 5.41) is 3.57. The first-order chi connectivity index (χ1) is 11.4. The average molecular weight is 337 g/mol. The van der Waals surface area contributed by atoms with Crippen LogP contribution < -0.4 is 5.32 Å². The van der Waals surface area contributed by atoms with Crippen LogP contribution in [0.3, 0.4) is 0 Å². The summed E-state index contributed by atoms with van der Waals surface area (Å²) in [5.41, 5.74) is -0.643. The second-order valence-electron chi connectivity index (χ2n) is 8.03. The van der Waals surface area contributed by atoms with E-state index in [4.69, 9.17) is 4.74 Å². The van der Waals surface area contributed by atoms with Gasteiger partial charge in [0.05, 0.1) is 19.3 Å². The average Bonchev–Trinajstić information content (AvgIpc) is 2.98. The van der Waals surface area contributed by atoms with Gasteiger partial charge < -0.3 is 15.0 Å². The minimum atomic E-state index is -0.643. The van der Waals surface area contributed by atoms with Crippen molar-refractivity contribution in [2.45, 2.75) is 77.1 Å². The highest BCUT2D eigenvalue weighted by Crippen LogP contribution is 2.47. The van der Waals surface area contributed by atoms with Crippen LogP contribution in [0.15, 0.2) is 0 Å². The van der Waals surface area contributed by atoms with E-state index in [0.717, 1.165) is 32.2 Å². The van der Waals surface area contributed by atoms with Crippen molar-refractivity contribution in [3.8, 4) is 0 Å². The number of amides is 3. The number of ether oxygens (including phenoxy) is 1. The number of hydrogen-bond donors (Lipinski definition) is 1. The fraction of sp³-hybridized carbons (Fsp3) is 0.889. The summed E-state index contributed by atoms with van der Waals surface area (Å²) >= 11 is 0. The predicted molar refractivity (Wildman–Crippen MR) is 91.7 cm³/mol. The number of hydrogen-bond acceptors (Lipinski definition) is 4. The molecule has 24 heavy (non-hydrogen) atoms. The number of carbonyl (C=O) groups excluding carboxylic acids is 2. The Balaban J connectivity index is 1.82. The molecule has 0 radical (unpaired) electrons. The zero-order valence-electron chi connectivity index (χ0n) is 15.4. The molecule has 3 atom stereocenters. The predicted octanol–water partition coefficient (Wildman–Crippen LogP) is 1.98. The molecule has 3 aliphatic rings. The summed E-state index contributed by atoms with van der Waals surface area (Å²) in [6.07, 6.45) is 3.97. The van der Waals surface area contributed by atoms with Crippen LogP contribution in [0.2, 0.25) is 0 Å². The largest absolute Gasteiger partial charge is 0.377 e. The third-order valence-electron chi connectivity index (χ3n) is 5.71. The Kier molecular flexibility index (Phi) is 4.89. The van der Waals surface area contributed by atoms with Gasteiger partial charge in [-0.15, -0.1) is 0 Å². The summed E-state index contributed by atoms with van der Waals surface area (Å²) in [6.45, 7) is 9.72. The molecule has 1 N–H and O–H groups in total. The molecule has 3 unspecified atom stereocenters. The Bertz CT molecular complexity index is 492. The van der Waals surface area contributed by atoms with Crippen molar-refractivity contribution in [3.63, 3.8) is 0 Å². The van der Waals surface area contributed by atoms with E-state index in [0.29, 0.717) is 25.1 Å². The van der Waals surface area contributed by atoms with Gasteiger partial charge in [0.15, 0.2) is 0 Å². The smallest absolute Gasteiger partial charge is 0.327 e. The molecule has 6 nitrogen and oxygen atoms in total. The monoisotopic (exact) mass is 337 g/mol. The number of carbonyl (C=O) groups is 2. The molecule has 2 saturated heterocycles. The molecular weight excluding hydrogens is 306 g/mol. The van der Waals surface area contributed by atoms with Crippen LogP contribution in [-0.2, 0) is 9.53 Å². The van der Waals surface area contributed by atoms with Gasteiger partial charge in [-0.1, -0.05) is 0 Å². The fourth-order valence-corrected chi connectivity index (χ4v) is 4.80. The van der Waals surface area contributed by atoms with E-state index >= 15 is 0 Å². The van der Waals surface area contributed by atoms with Gasteiger partial charge in [0.1, 0.15) is 5.54 Å². The van der Waals surface area contributed by atoms with E-state index in [1.54, 1.807) is 0 Å². The van der Waals surface area contributed by atoms with Crippen LogP contribution in [0.5, 0.6) is 0 Å². The first-order valence-electron chi connectivity index (χ1n) is 9.37. The summed E-state index contributed by atoms with van der Waals surface area (Å²) in [7, 11) is 0. The van der Waals surface area contributed by atoms with E-state index in [2.05, 4.69) is 5.32 Å². The van der Waals surface area contributed by atoms with Gasteiger partial charge in [-0.3, -0.25) is 9.69 Å². The molecule has 0 aromatic carbocycles. The molecule has 3 rings (SSSR count). The van der Waals surface area contributed by atoms with Crippen LogP contribution in [0, 0.1) is 5.92 Å². The van der Waals surface area contributed by atoms with E-state index in [1.165, 1.54) is 4.90 Å². The molecule has 0 bridgehead atoms. The molecule has 2 heterocycles. The SMILES string of the molecule is CC(C)OCCN1C(=O)N(C(C)C)C2(CC3CCCNC3C2)C1=O. The van der Waals surface area contributed by atoms with Gasteiger partial charge in [-0.2, -0.15) is 0 Å². The van der Waals surface area contributed by atoms with Crippen LogP contribution in [0.25, 0.3) is 0 Å². The van der Waals surface area contributed by atoms with Crippen molar-refractivity contribution in [1.82, 2.24) is 15.1 Å². The molecule has 3 amide bonds. The molecule has 0 aromatic rings. The number of imide groups is 1. The maximum Gasteiger partial charge on any atom is 0.327 e. The van der Waals surface area contributed by atoms with E-state index in [-0.39, 0.29) is 24.1 Å². The van der Waals surface area contributed by atoms with Gasteiger partial charge in [0.25, 0.3) is 5.91 Å². The van der Waals surface area contributed by atoms with E-state index < -0.39 is 5.54 Å². The highest BCUT2D eigenvalue weighted by molar-refractivity contribution is 6.07. The zero-order valence-corrected chi connectivity index (χ0v) is 15.4. The van der Waals surface area contributed by atoms with Crippen molar-refractivity contribution in [2.24, 2.45) is 5.92 Å². The van der Waals surface area contributed by atoms with Crippen molar-refractivity contribution in [1.29, 1.82) is 0 Å². The maximum atomic E-state index is 13.3. The second-order valence-corrected chi connectivity index (χ2v) is 8.03. The highest BCUT2D eigenvalue weighted by atomic mass is 16.5. The summed E-state index contributed by atoms with van der Waals surface area (Å²) in [5.74, 6) is 0.494. The number of piperidine rings is 1. The molecule has 6 heteroatoms.